The molecule has 0 bridgehead atoms. The lowest BCUT2D eigenvalue weighted by molar-refractivity contribution is 0.306. The third kappa shape index (κ3) is 6.47. The number of aliphatic imine (C=N–C) groups is 1. The summed E-state index contributed by atoms with van der Waals surface area (Å²) in [5.74, 6) is 1.32. The fraction of sp³-hybridized carbons (Fsp3) is 0.182. The number of guanidine groups is 1. The zero-order valence-electron chi connectivity index (χ0n) is 15.2. The number of nitrogens with one attached hydrogen (secondary N) is 1. The summed E-state index contributed by atoms with van der Waals surface area (Å²) in [6, 6.07) is 23.9. The van der Waals surface area contributed by atoms with Crippen molar-refractivity contribution in [1.82, 2.24) is 10.3 Å². The first kappa shape index (κ1) is 18.5. The van der Waals surface area contributed by atoms with E-state index in [1.807, 2.05) is 60.7 Å². The van der Waals surface area contributed by atoms with Gasteiger partial charge in [-0.15, -0.1) is 0 Å². The van der Waals surface area contributed by atoms with Gasteiger partial charge in [-0.25, -0.2) is 4.99 Å². The quantitative estimate of drug-likeness (QED) is 0.477. The lowest BCUT2D eigenvalue weighted by Gasteiger charge is -2.07. The van der Waals surface area contributed by atoms with Crippen LogP contribution in [0.4, 0.5) is 0 Å². The molecular formula is C22H24N4O. The Morgan fingerprint density at radius 3 is 2.41 bits per heavy atom. The van der Waals surface area contributed by atoms with Gasteiger partial charge in [0.15, 0.2) is 5.96 Å². The predicted octanol–water partition coefficient (Wildman–Crippen LogP) is 3.31. The van der Waals surface area contributed by atoms with E-state index < -0.39 is 0 Å². The zero-order valence-corrected chi connectivity index (χ0v) is 15.2. The molecule has 0 unspecified atom stereocenters. The number of nitrogens with two attached hydrogens (primary N) is 1. The molecule has 5 heteroatoms. The van der Waals surface area contributed by atoms with Gasteiger partial charge in [-0.1, -0.05) is 48.5 Å². The Morgan fingerprint density at radius 1 is 0.926 bits per heavy atom. The molecule has 0 spiro atoms. The predicted molar refractivity (Wildman–Crippen MR) is 108 cm³/mol. The second kappa shape index (κ2) is 9.97. The number of rotatable bonds is 8. The summed E-state index contributed by atoms with van der Waals surface area (Å²) in [4.78, 5) is 8.66. The van der Waals surface area contributed by atoms with Gasteiger partial charge in [0.1, 0.15) is 12.4 Å². The average Bonchev–Trinajstić information content (AvgIpc) is 2.73. The molecule has 0 amide bonds. The number of hydrogen-bond acceptors (Lipinski definition) is 3. The maximum Gasteiger partial charge on any atom is 0.188 e. The number of hydrogen-bond donors (Lipinski definition) is 2. The van der Waals surface area contributed by atoms with Gasteiger partial charge in [0, 0.05) is 24.9 Å². The molecule has 0 radical (unpaired) electrons. The Labute approximate surface area is 159 Å². The summed E-state index contributed by atoms with van der Waals surface area (Å²) >= 11 is 0. The second-order valence-corrected chi connectivity index (χ2v) is 6.12. The fourth-order valence-electron chi connectivity index (χ4n) is 2.52. The van der Waals surface area contributed by atoms with Crippen LogP contribution in [0.2, 0.25) is 0 Å². The van der Waals surface area contributed by atoms with E-state index in [9.17, 15) is 0 Å². The molecule has 0 aliphatic rings. The molecule has 138 valence electrons. The van der Waals surface area contributed by atoms with Crippen LogP contribution in [-0.4, -0.2) is 17.5 Å². The minimum atomic E-state index is 0.447. The fourth-order valence-corrected chi connectivity index (χ4v) is 2.52. The van der Waals surface area contributed by atoms with Crippen LogP contribution in [0.1, 0.15) is 16.8 Å². The van der Waals surface area contributed by atoms with Crippen molar-refractivity contribution < 1.29 is 4.74 Å². The molecule has 27 heavy (non-hydrogen) atoms. The van der Waals surface area contributed by atoms with Crippen molar-refractivity contribution in [2.75, 3.05) is 6.54 Å². The van der Waals surface area contributed by atoms with E-state index in [0.29, 0.717) is 25.7 Å². The van der Waals surface area contributed by atoms with Gasteiger partial charge < -0.3 is 15.8 Å². The molecule has 0 saturated heterocycles. The smallest absolute Gasteiger partial charge is 0.188 e. The number of benzene rings is 2. The maximum atomic E-state index is 5.93. The minimum absolute atomic E-state index is 0.447. The van der Waals surface area contributed by atoms with E-state index in [2.05, 4.69) is 27.4 Å². The zero-order chi connectivity index (χ0) is 18.7. The van der Waals surface area contributed by atoms with Crippen molar-refractivity contribution in [2.45, 2.75) is 19.6 Å². The van der Waals surface area contributed by atoms with Crippen molar-refractivity contribution in [3.05, 3.63) is 95.8 Å². The Balaban J connectivity index is 1.41. The van der Waals surface area contributed by atoms with Crippen LogP contribution in [0.25, 0.3) is 0 Å². The largest absolute Gasteiger partial charge is 0.489 e. The Bertz CT molecular complexity index is 833. The highest BCUT2D eigenvalue weighted by Gasteiger charge is 1.98. The first-order valence-corrected chi connectivity index (χ1v) is 8.99. The molecule has 0 aliphatic heterocycles. The van der Waals surface area contributed by atoms with Gasteiger partial charge in [0.05, 0.1) is 6.54 Å². The van der Waals surface area contributed by atoms with E-state index in [1.54, 1.807) is 6.20 Å². The molecule has 0 atom stereocenters. The summed E-state index contributed by atoms with van der Waals surface area (Å²) in [5.41, 5.74) is 9.18. The molecule has 1 aromatic heterocycles. The van der Waals surface area contributed by atoms with Crippen molar-refractivity contribution in [1.29, 1.82) is 0 Å². The van der Waals surface area contributed by atoms with Crippen LogP contribution in [0.5, 0.6) is 5.75 Å². The highest BCUT2D eigenvalue weighted by molar-refractivity contribution is 5.77. The Hall–Kier alpha value is -3.34. The normalized spacial score (nSPS) is 11.2. The SMILES string of the molecule is NC(=NCc1ccc(COc2ccccc2)cc1)NCCc1ccccn1. The molecule has 5 nitrogen and oxygen atoms in total. The third-order valence-corrected chi connectivity index (χ3v) is 4.02. The number of aromatic nitrogens is 1. The minimum Gasteiger partial charge on any atom is -0.489 e. The van der Waals surface area contributed by atoms with Crippen molar-refractivity contribution >= 4 is 5.96 Å². The molecule has 3 N–H and O–H groups in total. The molecule has 3 aromatic rings. The Kier molecular flexibility index (Phi) is 6.81. The van der Waals surface area contributed by atoms with E-state index in [0.717, 1.165) is 29.0 Å². The van der Waals surface area contributed by atoms with Crippen molar-refractivity contribution in [2.24, 2.45) is 10.7 Å². The lowest BCUT2D eigenvalue weighted by Crippen LogP contribution is -2.33. The highest BCUT2D eigenvalue weighted by atomic mass is 16.5. The number of nitrogens with zero attached hydrogens (tertiary/aromatic N) is 2. The van der Waals surface area contributed by atoms with Gasteiger partial charge in [-0.3, -0.25) is 4.98 Å². The van der Waals surface area contributed by atoms with Crippen LogP contribution in [0.15, 0.2) is 84.0 Å². The van der Waals surface area contributed by atoms with E-state index in [-0.39, 0.29) is 0 Å². The number of pyridine rings is 1. The van der Waals surface area contributed by atoms with Gasteiger partial charge in [0.25, 0.3) is 0 Å². The molecule has 2 aromatic carbocycles. The van der Waals surface area contributed by atoms with Gasteiger partial charge >= 0.3 is 0 Å². The third-order valence-electron chi connectivity index (χ3n) is 4.02. The summed E-state index contributed by atoms with van der Waals surface area (Å²) < 4.78 is 5.75. The first-order valence-electron chi connectivity index (χ1n) is 8.99. The molecular weight excluding hydrogens is 336 g/mol. The summed E-state index contributed by atoms with van der Waals surface area (Å²) in [6.07, 6.45) is 2.61. The van der Waals surface area contributed by atoms with Crippen LogP contribution < -0.4 is 15.8 Å². The van der Waals surface area contributed by atoms with Gasteiger partial charge in [-0.2, -0.15) is 0 Å². The van der Waals surface area contributed by atoms with Crippen LogP contribution in [0.3, 0.4) is 0 Å². The standard InChI is InChI=1S/C22H24N4O/c23-22(25-15-13-20-6-4-5-14-24-20)26-16-18-9-11-19(12-10-18)17-27-21-7-2-1-3-8-21/h1-12,14H,13,15-17H2,(H3,23,25,26). The highest BCUT2D eigenvalue weighted by Crippen LogP contribution is 2.12. The van der Waals surface area contributed by atoms with E-state index in [4.69, 9.17) is 10.5 Å². The van der Waals surface area contributed by atoms with Crippen LogP contribution >= 0.6 is 0 Å². The second-order valence-electron chi connectivity index (χ2n) is 6.12. The van der Waals surface area contributed by atoms with Crippen molar-refractivity contribution in [3.8, 4) is 5.75 Å². The average molecular weight is 360 g/mol. The van der Waals surface area contributed by atoms with E-state index in [1.165, 1.54) is 0 Å². The summed E-state index contributed by atoms with van der Waals surface area (Å²) in [6.45, 7) is 1.80. The number of para-hydroxylation sites is 1. The monoisotopic (exact) mass is 360 g/mol. The molecule has 0 fully saturated rings. The Morgan fingerprint density at radius 2 is 1.67 bits per heavy atom. The molecule has 1 heterocycles. The first-order chi connectivity index (χ1) is 13.3. The lowest BCUT2D eigenvalue weighted by atomic mass is 10.1. The maximum absolute atomic E-state index is 5.93. The molecule has 3 rings (SSSR count). The van der Waals surface area contributed by atoms with E-state index >= 15 is 0 Å². The summed E-state index contributed by atoms with van der Waals surface area (Å²) in [7, 11) is 0. The van der Waals surface area contributed by atoms with Crippen LogP contribution in [0, 0.1) is 0 Å². The van der Waals surface area contributed by atoms with Gasteiger partial charge in [-0.05, 0) is 35.4 Å². The number of ether oxygens (including phenoxy) is 1. The topological polar surface area (TPSA) is 72.5 Å². The van der Waals surface area contributed by atoms with Gasteiger partial charge in [0.2, 0.25) is 0 Å². The summed E-state index contributed by atoms with van der Waals surface area (Å²) in [5, 5.41) is 3.12. The van der Waals surface area contributed by atoms with Crippen molar-refractivity contribution in [3.63, 3.8) is 0 Å². The van der Waals surface area contributed by atoms with Crippen LogP contribution in [-0.2, 0) is 19.6 Å². The molecule has 0 aliphatic carbocycles. The molecule has 0 saturated carbocycles.